The molecule has 0 aliphatic carbocycles. The van der Waals surface area contributed by atoms with E-state index in [2.05, 4.69) is 0 Å². The van der Waals surface area contributed by atoms with Crippen LogP contribution in [0.15, 0.2) is 0 Å². The van der Waals surface area contributed by atoms with Crippen molar-refractivity contribution in [2.24, 2.45) is 0 Å². The zero-order chi connectivity index (χ0) is 8.73. The van der Waals surface area contributed by atoms with Crippen LogP contribution in [-0.2, 0) is 40.6 Å². The van der Waals surface area contributed by atoms with Gasteiger partial charge in [0.15, 0.2) is 5.78 Å². The predicted molar refractivity (Wildman–Crippen MR) is 26.4 cm³/mol. The van der Waals surface area contributed by atoms with Gasteiger partial charge < -0.3 is 19.8 Å². The van der Waals surface area contributed by atoms with Crippen molar-refractivity contribution < 1.29 is 50.8 Å². The summed E-state index contributed by atoms with van der Waals surface area (Å²) in [4.78, 5) is 27.6. The fourth-order valence-electron chi connectivity index (χ4n) is 0. The van der Waals surface area contributed by atoms with Crippen LogP contribution in [0.25, 0.3) is 0 Å². The van der Waals surface area contributed by atoms with E-state index in [-0.39, 0.29) is 26.2 Å². The third-order valence-electron chi connectivity index (χ3n) is 0.287. The van der Waals surface area contributed by atoms with Gasteiger partial charge in [-0.2, -0.15) is 0 Å². The zero-order valence-electron chi connectivity index (χ0n) is 6.04. The molecule has 5 nitrogen and oxygen atoms in total. The summed E-state index contributed by atoms with van der Waals surface area (Å²) < 4.78 is 0. The Kier molecular flexibility index (Phi) is 14.5. The number of ketones is 1. The quantitative estimate of drug-likeness (QED) is 0.455. The minimum Gasteiger partial charge on any atom is -0.550 e. The van der Waals surface area contributed by atoms with Crippen molar-refractivity contribution in [2.75, 3.05) is 0 Å². The minimum atomic E-state index is -1.63. The molecule has 0 saturated carbocycles. The zero-order valence-corrected chi connectivity index (χ0v) is 8.50. The van der Waals surface area contributed by atoms with Gasteiger partial charge in [-0.25, -0.2) is 0 Å². The molecule has 0 amide bonds. The van der Waals surface area contributed by atoms with Gasteiger partial charge in [-0.1, -0.05) is 0 Å². The molecular weight excluding hydrogens is 231 g/mol. The standard InChI is InChI=1S/C3H4O3.C2H4O2.Zr/c1-2(4)3(5)6;1-2(3)4;/h1H3,(H,5,6);1H3,(H,3,4);/q;;+2/p-2. The van der Waals surface area contributed by atoms with Gasteiger partial charge in [0.25, 0.3) is 0 Å². The van der Waals surface area contributed by atoms with Gasteiger partial charge in [0.1, 0.15) is 5.97 Å². The topological polar surface area (TPSA) is 97.3 Å². The van der Waals surface area contributed by atoms with Crippen molar-refractivity contribution in [3.05, 3.63) is 0 Å². The van der Waals surface area contributed by atoms with E-state index in [1.165, 1.54) is 0 Å². The summed E-state index contributed by atoms with van der Waals surface area (Å²) >= 11 is 0. The molecule has 0 radical (unpaired) electrons. The Morgan fingerprint density at radius 2 is 1.09 bits per heavy atom. The van der Waals surface area contributed by atoms with Gasteiger partial charge in [-0.15, -0.1) is 0 Å². The van der Waals surface area contributed by atoms with E-state index in [9.17, 15) is 14.7 Å². The number of aliphatic carboxylic acids is 2. The summed E-state index contributed by atoms with van der Waals surface area (Å²) in [5, 5.41) is 18.1. The second kappa shape index (κ2) is 9.49. The van der Waals surface area contributed by atoms with E-state index in [0.29, 0.717) is 0 Å². The van der Waals surface area contributed by atoms with E-state index in [4.69, 9.17) is 9.90 Å². The van der Waals surface area contributed by atoms with Crippen LogP contribution in [0.5, 0.6) is 0 Å². The van der Waals surface area contributed by atoms with Crippen LogP contribution in [-0.4, -0.2) is 17.7 Å². The molecule has 6 heteroatoms. The van der Waals surface area contributed by atoms with Crippen LogP contribution in [0.4, 0.5) is 0 Å². The monoisotopic (exact) mass is 236 g/mol. The van der Waals surface area contributed by atoms with Crippen molar-refractivity contribution in [3.63, 3.8) is 0 Å². The van der Waals surface area contributed by atoms with Gasteiger partial charge in [0, 0.05) is 12.9 Å². The number of carbonyl (C=O) groups is 3. The molecule has 0 unspecified atom stereocenters. The maximum Gasteiger partial charge on any atom is 2.00 e. The molecule has 0 atom stereocenters. The fraction of sp³-hybridized carbons (Fsp3) is 0.400. The normalized spacial score (nSPS) is 6.36. The van der Waals surface area contributed by atoms with Crippen LogP contribution < -0.4 is 10.2 Å². The predicted octanol–water partition coefficient (Wildman–Crippen LogP) is -2.92. The van der Waals surface area contributed by atoms with Crippen molar-refractivity contribution in [1.29, 1.82) is 0 Å². The van der Waals surface area contributed by atoms with Gasteiger partial charge in [0.05, 0.1) is 0 Å². The molecule has 60 valence electrons. The van der Waals surface area contributed by atoms with Crippen LogP contribution in [0.3, 0.4) is 0 Å². The maximum absolute atomic E-state index is 9.48. The number of carbonyl (C=O) groups excluding carboxylic acids is 3. The molecule has 0 aromatic heterocycles. The number of hydrogen-bond acceptors (Lipinski definition) is 5. The molecule has 0 aliphatic rings. The minimum absolute atomic E-state index is 0. The molecule has 0 saturated heterocycles. The average Bonchev–Trinajstić information content (AvgIpc) is 1.63. The SMILES string of the molecule is CC(=O)C(=O)[O-].CC(=O)[O-].[Zr+2]. The van der Waals surface area contributed by atoms with Gasteiger partial charge in [-0.3, -0.25) is 4.79 Å². The largest absolute Gasteiger partial charge is 2.00 e. The second-order valence-corrected chi connectivity index (χ2v) is 1.34. The van der Waals surface area contributed by atoms with Gasteiger partial charge >= 0.3 is 26.2 Å². The number of Topliss-reactive ketones (excluding diaryl/α,β-unsaturated/α-hetero) is 1. The number of rotatable bonds is 1. The van der Waals surface area contributed by atoms with E-state index in [1.54, 1.807) is 0 Å². The third-order valence-corrected chi connectivity index (χ3v) is 0.287. The second-order valence-electron chi connectivity index (χ2n) is 1.34. The Balaban J connectivity index is -0.000000114. The molecule has 0 aliphatic heterocycles. The molecule has 0 heterocycles. The molecule has 0 aromatic rings. The number of carboxylic acid groups (broad SMARTS) is 2. The Bertz CT molecular complexity index is 137. The van der Waals surface area contributed by atoms with E-state index in [0.717, 1.165) is 13.8 Å². The third kappa shape index (κ3) is 43.7. The molecule has 11 heavy (non-hydrogen) atoms. The van der Waals surface area contributed by atoms with E-state index < -0.39 is 17.7 Å². The molecule has 0 bridgehead atoms. The Hall–Kier alpha value is -0.507. The van der Waals surface area contributed by atoms with E-state index in [1.807, 2.05) is 0 Å². The first kappa shape index (κ1) is 16.8. The van der Waals surface area contributed by atoms with Crippen LogP contribution in [0, 0.1) is 0 Å². The molecule has 0 N–H and O–H groups in total. The summed E-state index contributed by atoms with van der Waals surface area (Å²) in [5.74, 6) is -3.65. The molecule has 0 aromatic carbocycles. The fourth-order valence-corrected chi connectivity index (χ4v) is 0. The first-order chi connectivity index (χ1) is 4.37. The van der Waals surface area contributed by atoms with Crippen molar-refractivity contribution in [2.45, 2.75) is 13.8 Å². The molecular formula is C5H6O5Zr. The van der Waals surface area contributed by atoms with Gasteiger partial charge in [0.2, 0.25) is 0 Å². The van der Waals surface area contributed by atoms with Crippen LogP contribution in [0.1, 0.15) is 13.8 Å². The Morgan fingerprint density at radius 1 is 1.00 bits per heavy atom. The first-order valence-corrected chi connectivity index (χ1v) is 2.27. The summed E-state index contributed by atoms with van der Waals surface area (Å²) in [7, 11) is 0. The maximum atomic E-state index is 9.48. The molecule has 0 spiro atoms. The Morgan fingerprint density at radius 3 is 1.09 bits per heavy atom. The summed E-state index contributed by atoms with van der Waals surface area (Å²) in [6.07, 6.45) is 0. The number of hydrogen-bond donors (Lipinski definition) is 0. The van der Waals surface area contributed by atoms with E-state index >= 15 is 0 Å². The van der Waals surface area contributed by atoms with Crippen molar-refractivity contribution in [3.8, 4) is 0 Å². The van der Waals surface area contributed by atoms with Crippen LogP contribution in [0.2, 0.25) is 0 Å². The Labute approximate surface area is 82.5 Å². The van der Waals surface area contributed by atoms with Gasteiger partial charge in [-0.05, 0) is 6.92 Å². The summed E-state index contributed by atoms with van der Waals surface area (Å²) in [5.41, 5.74) is 0. The smallest absolute Gasteiger partial charge is 0.550 e. The van der Waals surface area contributed by atoms with Crippen molar-refractivity contribution in [1.82, 2.24) is 0 Å². The summed E-state index contributed by atoms with van der Waals surface area (Å²) in [6, 6.07) is 0. The average molecular weight is 237 g/mol. The summed E-state index contributed by atoms with van der Waals surface area (Å²) in [6.45, 7) is 1.91. The number of carboxylic acids is 2. The molecule has 0 fully saturated rings. The van der Waals surface area contributed by atoms with Crippen molar-refractivity contribution >= 4 is 17.7 Å². The first-order valence-electron chi connectivity index (χ1n) is 2.27. The van der Waals surface area contributed by atoms with Crippen LogP contribution >= 0.6 is 0 Å². The molecule has 0 rings (SSSR count).